The molecule has 1 amide bonds. The molecule has 0 spiro atoms. The Bertz CT molecular complexity index is 1130. The Labute approximate surface area is 212 Å². The molecule has 9 heteroatoms. The lowest BCUT2D eigenvalue weighted by Gasteiger charge is -2.36. The van der Waals surface area contributed by atoms with Gasteiger partial charge in [0.25, 0.3) is 0 Å². The second-order valence-electron chi connectivity index (χ2n) is 9.50. The average molecular weight is 491 g/mol. The van der Waals surface area contributed by atoms with Crippen molar-refractivity contribution < 1.29 is 14.1 Å². The van der Waals surface area contributed by atoms with Crippen LogP contribution in [0.2, 0.25) is 0 Å². The number of benzene rings is 2. The Kier molecular flexibility index (Phi) is 7.60. The number of morpholine rings is 1. The highest BCUT2D eigenvalue weighted by atomic mass is 16.5. The Morgan fingerprint density at radius 1 is 0.972 bits per heavy atom. The van der Waals surface area contributed by atoms with E-state index in [9.17, 15) is 4.79 Å². The molecule has 1 aromatic heterocycles. The number of anilines is 2. The summed E-state index contributed by atoms with van der Waals surface area (Å²) < 4.78 is 11.0. The fraction of sp³-hybridized carbons (Fsp3) is 0.444. The molecule has 3 heterocycles. The van der Waals surface area contributed by atoms with Crippen molar-refractivity contribution in [1.82, 2.24) is 19.9 Å². The molecule has 9 nitrogen and oxygen atoms in total. The summed E-state index contributed by atoms with van der Waals surface area (Å²) in [6, 6.07) is 16.2. The van der Waals surface area contributed by atoms with Crippen LogP contribution in [0.4, 0.5) is 11.4 Å². The van der Waals surface area contributed by atoms with Gasteiger partial charge in [-0.15, -0.1) is 0 Å². The van der Waals surface area contributed by atoms with Gasteiger partial charge in [-0.05, 0) is 38.1 Å². The van der Waals surface area contributed by atoms with Gasteiger partial charge in [0.05, 0.1) is 25.8 Å². The minimum atomic E-state index is 0.00950. The minimum Gasteiger partial charge on any atom is -0.378 e. The molecule has 36 heavy (non-hydrogen) atoms. The van der Waals surface area contributed by atoms with Crippen molar-refractivity contribution in [2.24, 2.45) is 0 Å². The van der Waals surface area contributed by atoms with Crippen molar-refractivity contribution in [3.63, 3.8) is 0 Å². The van der Waals surface area contributed by atoms with Crippen molar-refractivity contribution in [3.8, 4) is 11.4 Å². The van der Waals surface area contributed by atoms with E-state index >= 15 is 0 Å². The van der Waals surface area contributed by atoms with E-state index in [0.717, 1.165) is 69.4 Å². The van der Waals surface area contributed by atoms with Crippen LogP contribution in [0.1, 0.15) is 24.4 Å². The first-order valence-corrected chi connectivity index (χ1v) is 12.6. The highest BCUT2D eigenvalue weighted by Gasteiger charge is 2.26. The number of hydrogen-bond acceptors (Lipinski definition) is 8. The van der Waals surface area contributed by atoms with Gasteiger partial charge in [-0.2, -0.15) is 4.98 Å². The number of aromatic nitrogens is 2. The molecule has 0 radical (unpaired) electrons. The first kappa shape index (κ1) is 24.4. The molecule has 0 bridgehead atoms. The SMILES string of the molecule is Cc1ccc(-c2noc(C(C)N3CCN(CC(=O)Nc4ccc(N5CCOCC5)cc4)CC3)n2)cc1. The van der Waals surface area contributed by atoms with Crippen molar-refractivity contribution >= 4 is 17.3 Å². The second kappa shape index (κ2) is 11.2. The van der Waals surface area contributed by atoms with Crippen molar-refractivity contribution in [2.75, 3.05) is 69.2 Å². The van der Waals surface area contributed by atoms with Gasteiger partial charge >= 0.3 is 0 Å². The molecule has 2 saturated heterocycles. The molecule has 1 atom stereocenters. The molecular weight excluding hydrogens is 456 g/mol. The second-order valence-corrected chi connectivity index (χ2v) is 9.50. The summed E-state index contributed by atoms with van der Waals surface area (Å²) >= 11 is 0. The molecule has 3 aromatic rings. The molecule has 2 aliphatic heterocycles. The molecule has 1 N–H and O–H groups in total. The van der Waals surface area contributed by atoms with Crippen molar-refractivity contribution in [3.05, 3.63) is 60.0 Å². The Morgan fingerprint density at radius 2 is 1.67 bits per heavy atom. The maximum absolute atomic E-state index is 12.6. The number of amides is 1. The van der Waals surface area contributed by atoms with E-state index in [4.69, 9.17) is 9.26 Å². The number of nitrogens with one attached hydrogen (secondary N) is 1. The van der Waals surface area contributed by atoms with E-state index in [-0.39, 0.29) is 11.9 Å². The van der Waals surface area contributed by atoms with Gasteiger partial charge in [0.1, 0.15) is 0 Å². The topological polar surface area (TPSA) is 87.0 Å². The Balaban J connectivity index is 1.08. The number of hydrogen-bond donors (Lipinski definition) is 1. The van der Waals surface area contributed by atoms with Crippen LogP contribution in [0.5, 0.6) is 0 Å². The molecule has 2 aromatic carbocycles. The normalized spacial score (nSPS) is 18.2. The maximum Gasteiger partial charge on any atom is 0.244 e. The summed E-state index contributed by atoms with van der Waals surface area (Å²) in [6.45, 7) is 11.1. The minimum absolute atomic E-state index is 0.00950. The fourth-order valence-electron chi connectivity index (χ4n) is 4.67. The average Bonchev–Trinajstić information content (AvgIpc) is 3.40. The lowest BCUT2D eigenvalue weighted by Crippen LogP contribution is -2.49. The molecule has 0 aliphatic carbocycles. The first-order chi connectivity index (χ1) is 17.5. The van der Waals surface area contributed by atoms with Gasteiger partial charge in [0.2, 0.25) is 17.6 Å². The number of carbonyl (C=O) groups excluding carboxylic acids is 1. The zero-order valence-electron chi connectivity index (χ0n) is 21.0. The molecule has 190 valence electrons. The summed E-state index contributed by atoms with van der Waals surface area (Å²) in [6.07, 6.45) is 0. The van der Waals surface area contributed by atoms with Gasteiger partial charge in [0.15, 0.2) is 0 Å². The highest BCUT2D eigenvalue weighted by Crippen LogP contribution is 2.24. The summed E-state index contributed by atoms with van der Waals surface area (Å²) in [7, 11) is 0. The van der Waals surface area contributed by atoms with Crippen LogP contribution < -0.4 is 10.2 Å². The Hall–Kier alpha value is -3.27. The summed E-state index contributed by atoms with van der Waals surface area (Å²) in [4.78, 5) is 24.1. The van der Waals surface area contributed by atoms with Gasteiger partial charge in [0, 0.05) is 56.2 Å². The van der Waals surface area contributed by atoms with Crippen LogP contribution in [0.3, 0.4) is 0 Å². The number of rotatable bonds is 7. The zero-order chi connectivity index (χ0) is 24.9. The van der Waals surface area contributed by atoms with Crippen molar-refractivity contribution in [1.29, 1.82) is 0 Å². The van der Waals surface area contributed by atoms with Crippen LogP contribution in [-0.4, -0.2) is 84.9 Å². The van der Waals surface area contributed by atoms with Gasteiger partial charge < -0.3 is 19.5 Å². The van der Waals surface area contributed by atoms with E-state index in [1.54, 1.807) is 0 Å². The third-order valence-corrected chi connectivity index (χ3v) is 6.96. The monoisotopic (exact) mass is 490 g/mol. The van der Waals surface area contributed by atoms with E-state index in [1.807, 2.05) is 36.4 Å². The standard InChI is InChI=1S/C27H34N6O3/c1-20-3-5-22(6-4-20)26-29-27(36-30-26)21(2)32-13-11-31(12-14-32)19-25(34)28-23-7-9-24(10-8-23)33-15-17-35-18-16-33/h3-10,21H,11-19H2,1-2H3,(H,28,34). The van der Waals surface area contributed by atoms with E-state index < -0.39 is 0 Å². The summed E-state index contributed by atoms with van der Waals surface area (Å²) in [5, 5.41) is 7.20. The summed E-state index contributed by atoms with van der Waals surface area (Å²) in [5.41, 5.74) is 4.14. The molecule has 0 saturated carbocycles. The number of ether oxygens (including phenoxy) is 1. The quantitative estimate of drug-likeness (QED) is 0.540. The molecule has 5 rings (SSSR count). The Morgan fingerprint density at radius 3 is 2.36 bits per heavy atom. The third kappa shape index (κ3) is 5.92. The lowest BCUT2D eigenvalue weighted by molar-refractivity contribution is -0.117. The van der Waals surface area contributed by atoms with Crippen molar-refractivity contribution in [2.45, 2.75) is 19.9 Å². The van der Waals surface area contributed by atoms with E-state index in [2.05, 4.69) is 56.1 Å². The number of piperazine rings is 1. The van der Waals surface area contributed by atoms with Crippen LogP contribution in [0.15, 0.2) is 53.1 Å². The van der Waals surface area contributed by atoms with Crippen LogP contribution >= 0.6 is 0 Å². The predicted octanol–water partition coefficient (Wildman–Crippen LogP) is 3.20. The highest BCUT2D eigenvalue weighted by molar-refractivity contribution is 5.92. The first-order valence-electron chi connectivity index (χ1n) is 12.6. The van der Waals surface area contributed by atoms with Crippen LogP contribution in [-0.2, 0) is 9.53 Å². The fourth-order valence-corrected chi connectivity index (χ4v) is 4.67. The van der Waals surface area contributed by atoms with Gasteiger partial charge in [-0.25, -0.2) is 0 Å². The predicted molar refractivity (Wildman–Crippen MR) is 139 cm³/mol. The number of aryl methyl sites for hydroxylation is 1. The van der Waals surface area contributed by atoms with Crippen LogP contribution in [0, 0.1) is 6.92 Å². The smallest absolute Gasteiger partial charge is 0.244 e. The van der Waals surface area contributed by atoms with Gasteiger partial charge in [-0.3, -0.25) is 14.6 Å². The number of nitrogens with zero attached hydrogens (tertiary/aromatic N) is 5. The molecule has 2 fully saturated rings. The van der Waals surface area contributed by atoms with E-state index in [1.165, 1.54) is 5.56 Å². The van der Waals surface area contributed by atoms with E-state index in [0.29, 0.717) is 18.3 Å². The molecule has 1 unspecified atom stereocenters. The molecular formula is C27H34N6O3. The largest absolute Gasteiger partial charge is 0.378 e. The third-order valence-electron chi connectivity index (χ3n) is 6.96. The van der Waals surface area contributed by atoms with Crippen LogP contribution in [0.25, 0.3) is 11.4 Å². The molecule has 2 aliphatic rings. The number of carbonyl (C=O) groups is 1. The maximum atomic E-state index is 12.6. The lowest BCUT2D eigenvalue weighted by atomic mass is 10.1. The van der Waals surface area contributed by atoms with Gasteiger partial charge in [-0.1, -0.05) is 35.0 Å². The summed E-state index contributed by atoms with van der Waals surface area (Å²) in [5.74, 6) is 1.25. The zero-order valence-corrected chi connectivity index (χ0v) is 21.0.